The number of alkyl halides is 1. The molecule has 1 aromatic carbocycles. The largest absolute Gasteiger partial charge is 0.496 e. The summed E-state index contributed by atoms with van der Waals surface area (Å²) < 4.78 is 6.42. The Kier molecular flexibility index (Phi) is 6.62. The van der Waals surface area contributed by atoms with Crippen LogP contribution in [0.4, 0.5) is 0 Å². The Hall–Kier alpha value is 0.140. The first-order chi connectivity index (χ1) is 7.67. The molecule has 4 heteroatoms. The van der Waals surface area contributed by atoms with Gasteiger partial charge in [0.1, 0.15) is 5.75 Å². The Morgan fingerprint density at radius 1 is 1.50 bits per heavy atom. The Labute approximate surface area is 115 Å². The van der Waals surface area contributed by atoms with Crippen molar-refractivity contribution >= 4 is 39.3 Å². The molecule has 90 valence electrons. The van der Waals surface area contributed by atoms with Gasteiger partial charge in [-0.05, 0) is 29.9 Å². The highest BCUT2D eigenvalue weighted by molar-refractivity contribution is 9.10. The molecule has 0 saturated carbocycles. The van der Waals surface area contributed by atoms with Crippen molar-refractivity contribution in [2.75, 3.05) is 18.7 Å². The Morgan fingerprint density at radius 2 is 2.25 bits per heavy atom. The molecule has 0 spiro atoms. The van der Waals surface area contributed by atoms with E-state index in [4.69, 9.17) is 16.3 Å². The maximum atomic E-state index is 5.77. The average Bonchev–Trinajstić information content (AvgIpc) is 2.29. The summed E-state index contributed by atoms with van der Waals surface area (Å²) in [6, 6.07) is 6.09. The Bertz CT molecular complexity index is 333. The second-order valence-corrected chi connectivity index (χ2v) is 5.99. The summed E-state index contributed by atoms with van der Waals surface area (Å²) in [6.07, 6.45) is 0. The summed E-state index contributed by atoms with van der Waals surface area (Å²) in [5.74, 6) is 4.28. The van der Waals surface area contributed by atoms with Gasteiger partial charge in [0.15, 0.2) is 0 Å². The molecule has 0 radical (unpaired) electrons. The maximum Gasteiger partial charge on any atom is 0.122 e. The minimum Gasteiger partial charge on any atom is -0.496 e. The smallest absolute Gasteiger partial charge is 0.122 e. The zero-order valence-electron chi connectivity index (χ0n) is 9.50. The van der Waals surface area contributed by atoms with Crippen LogP contribution in [-0.4, -0.2) is 18.7 Å². The summed E-state index contributed by atoms with van der Waals surface area (Å²) in [5.41, 5.74) is 1.23. The van der Waals surface area contributed by atoms with E-state index < -0.39 is 0 Å². The molecule has 0 aliphatic carbocycles. The first-order valence-corrected chi connectivity index (χ1v) is 7.61. The molecule has 0 N–H and O–H groups in total. The van der Waals surface area contributed by atoms with Gasteiger partial charge in [-0.2, -0.15) is 11.8 Å². The molecule has 0 fully saturated rings. The SMILES string of the molecule is COc1ccc(Br)cc1CSCC(C)CCl. The zero-order chi connectivity index (χ0) is 12.0. The van der Waals surface area contributed by atoms with Crippen molar-refractivity contribution in [3.05, 3.63) is 28.2 Å². The van der Waals surface area contributed by atoms with E-state index in [1.807, 2.05) is 23.9 Å². The van der Waals surface area contributed by atoms with Crippen molar-refractivity contribution in [1.82, 2.24) is 0 Å². The fourth-order valence-electron chi connectivity index (χ4n) is 1.27. The molecule has 1 aromatic rings. The lowest BCUT2D eigenvalue weighted by Crippen LogP contribution is -2.00. The van der Waals surface area contributed by atoms with Crippen LogP contribution in [0.1, 0.15) is 12.5 Å². The van der Waals surface area contributed by atoms with E-state index in [-0.39, 0.29) is 0 Å². The highest BCUT2D eigenvalue weighted by atomic mass is 79.9. The summed E-state index contributed by atoms with van der Waals surface area (Å²) in [6.45, 7) is 2.16. The highest BCUT2D eigenvalue weighted by Crippen LogP contribution is 2.27. The minimum atomic E-state index is 0.560. The number of thioether (sulfide) groups is 1. The van der Waals surface area contributed by atoms with E-state index in [0.717, 1.165) is 27.6 Å². The number of hydrogen-bond acceptors (Lipinski definition) is 2. The van der Waals surface area contributed by atoms with E-state index >= 15 is 0 Å². The second-order valence-electron chi connectivity index (χ2n) is 3.73. The van der Waals surface area contributed by atoms with Crippen LogP contribution in [-0.2, 0) is 5.75 Å². The number of hydrogen-bond donors (Lipinski definition) is 0. The van der Waals surface area contributed by atoms with Crippen LogP contribution < -0.4 is 4.74 Å². The predicted molar refractivity (Wildman–Crippen MR) is 76.7 cm³/mol. The fraction of sp³-hybridized carbons (Fsp3) is 0.500. The number of benzene rings is 1. The average molecular weight is 324 g/mol. The van der Waals surface area contributed by atoms with Crippen LogP contribution in [0.25, 0.3) is 0 Å². The van der Waals surface area contributed by atoms with Crippen LogP contribution in [0.2, 0.25) is 0 Å². The number of halogens is 2. The summed E-state index contributed by atoms with van der Waals surface area (Å²) in [5, 5.41) is 0. The standard InChI is InChI=1S/C12H16BrClOS/c1-9(6-14)7-16-8-10-5-11(13)3-4-12(10)15-2/h3-5,9H,6-8H2,1-2H3. The third-order valence-electron chi connectivity index (χ3n) is 2.17. The van der Waals surface area contributed by atoms with Crippen LogP contribution in [0.3, 0.4) is 0 Å². The van der Waals surface area contributed by atoms with Crippen molar-refractivity contribution < 1.29 is 4.74 Å². The molecule has 0 aliphatic heterocycles. The normalized spacial score (nSPS) is 12.5. The zero-order valence-corrected chi connectivity index (χ0v) is 12.7. The lowest BCUT2D eigenvalue weighted by Gasteiger charge is -2.10. The topological polar surface area (TPSA) is 9.23 Å². The summed E-state index contributed by atoms with van der Waals surface area (Å²) in [7, 11) is 1.71. The Morgan fingerprint density at radius 3 is 2.88 bits per heavy atom. The van der Waals surface area contributed by atoms with E-state index in [1.165, 1.54) is 5.56 Å². The van der Waals surface area contributed by atoms with Crippen LogP contribution >= 0.6 is 39.3 Å². The lowest BCUT2D eigenvalue weighted by atomic mass is 10.2. The van der Waals surface area contributed by atoms with E-state index in [2.05, 4.69) is 28.9 Å². The first kappa shape index (κ1) is 14.2. The van der Waals surface area contributed by atoms with E-state index in [1.54, 1.807) is 7.11 Å². The van der Waals surface area contributed by atoms with Crippen molar-refractivity contribution in [1.29, 1.82) is 0 Å². The van der Waals surface area contributed by atoms with Gasteiger partial charge in [0.05, 0.1) is 7.11 Å². The van der Waals surface area contributed by atoms with Gasteiger partial charge in [0, 0.05) is 21.7 Å². The number of methoxy groups -OCH3 is 1. The quantitative estimate of drug-likeness (QED) is 0.709. The van der Waals surface area contributed by atoms with Gasteiger partial charge in [-0.3, -0.25) is 0 Å². The first-order valence-electron chi connectivity index (χ1n) is 5.13. The second kappa shape index (κ2) is 7.46. The van der Waals surface area contributed by atoms with Crippen LogP contribution in [0, 0.1) is 5.92 Å². The third-order valence-corrected chi connectivity index (χ3v) is 4.51. The molecule has 0 amide bonds. The summed E-state index contributed by atoms with van der Waals surface area (Å²) >= 11 is 11.1. The van der Waals surface area contributed by atoms with Crippen molar-refractivity contribution in [2.24, 2.45) is 5.92 Å². The van der Waals surface area contributed by atoms with Gasteiger partial charge in [-0.15, -0.1) is 11.6 Å². The molecule has 1 unspecified atom stereocenters. The number of rotatable bonds is 6. The lowest BCUT2D eigenvalue weighted by molar-refractivity contribution is 0.411. The van der Waals surface area contributed by atoms with Gasteiger partial charge in [-0.25, -0.2) is 0 Å². The fourth-order valence-corrected chi connectivity index (χ4v) is 3.01. The van der Waals surface area contributed by atoms with Crippen LogP contribution in [0.15, 0.2) is 22.7 Å². The van der Waals surface area contributed by atoms with Gasteiger partial charge < -0.3 is 4.74 Å². The minimum absolute atomic E-state index is 0.560. The molecular weight excluding hydrogens is 308 g/mol. The molecule has 16 heavy (non-hydrogen) atoms. The summed E-state index contributed by atoms with van der Waals surface area (Å²) in [4.78, 5) is 0. The predicted octanol–water partition coefficient (Wildman–Crippen LogP) is 4.57. The van der Waals surface area contributed by atoms with Crippen molar-refractivity contribution in [2.45, 2.75) is 12.7 Å². The van der Waals surface area contributed by atoms with E-state index in [0.29, 0.717) is 5.92 Å². The van der Waals surface area contributed by atoms with Gasteiger partial charge in [0.25, 0.3) is 0 Å². The molecule has 1 atom stereocenters. The van der Waals surface area contributed by atoms with Gasteiger partial charge in [0.2, 0.25) is 0 Å². The molecule has 0 saturated heterocycles. The highest BCUT2D eigenvalue weighted by Gasteiger charge is 2.05. The van der Waals surface area contributed by atoms with E-state index in [9.17, 15) is 0 Å². The van der Waals surface area contributed by atoms with Gasteiger partial charge >= 0.3 is 0 Å². The Balaban J connectivity index is 2.55. The van der Waals surface area contributed by atoms with Gasteiger partial charge in [-0.1, -0.05) is 22.9 Å². The molecule has 0 bridgehead atoms. The molecule has 0 aliphatic rings. The number of ether oxygens (including phenoxy) is 1. The third kappa shape index (κ3) is 4.56. The van der Waals surface area contributed by atoms with Crippen molar-refractivity contribution in [3.8, 4) is 5.75 Å². The molecule has 0 heterocycles. The molecular formula is C12H16BrClOS. The maximum absolute atomic E-state index is 5.77. The monoisotopic (exact) mass is 322 g/mol. The van der Waals surface area contributed by atoms with Crippen molar-refractivity contribution in [3.63, 3.8) is 0 Å². The molecule has 1 rings (SSSR count). The molecule has 0 aromatic heterocycles. The van der Waals surface area contributed by atoms with Crippen LogP contribution in [0.5, 0.6) is 5.75 Å². The molecule has 1 nitrogen and oxygen atoms in total.